The molecule has 4 rings (SSSR count). The molecule has 3 aromatic rings. The fraction of sp³-hybridized carbons (Fsp3) is 0.278. The predicted octanol–water partition coefficient (Wildman–Crippen LogP) is 3.06. The average Bonchev–Trinajstić information content (AvgIpc) is 3.24. The predicted molar refractivity (Wildman–Crippen MR) is 85.6 cm³/mol. The van der Waals surface area contributed by atoms with Crippen LogP contribution in [0.5, 0.6) is 0 Å². The van der Waals surface area contributed by atoms with E-state index in [4.69, 9.17) is 4.52 Å². The molecule has 5 nitrogen and oxygen atoms in total. The molecule has 0 radical (unpaired) electrons. The first-order chi connectivity index (χ1) is 11.2. The summed E-state index contributed by atoms with van der Waals surface area (Å²) in [4.78, 5) is 9.04. The van der Waals surface area contributed by atoms with Crippen molar-refractivity contribution in [1.82, 2.24) is 19.7 Å². The van der Waals surface area contributed by atoms with E-state index in [1.54, 1.807) is 0 Å². The second kappa shape index (κ2) is 5.40. The Morgan fingerprint density at radius 1 is 1.13 bits per heavy atom. The van der Waals surface area contributed by atoms with E-state index >= 15 is 0 Å². The Bertz CT molecular complexity index is 908. The van der Waals surface area contributed by atoms with Crippen LogP contribution in [0.15, 0.2) is 34.9 Å². The van der Waals surface area contributed by atoms with Gasteiger partial charge in [0.25, 0.3) is 5.89 Å². The van der Waals surface area contributed by atoms with Gasteiger partial charge >= 0.3 is 0 Å². The molecule has 1 saturated carbocycles. The maximum atomic E-state index is 5.42. The van der Waals surface area contributed by atoms with Crippen molar-refractivity contribution < 1.29 is 4.52 Å². The van der Waals surface area contributed by atoms with Crippen LogP contribution in [-0.2, 0) is 7.05 Å². The van der Waals surface area contributed by atoms with E-state index in [1.165, 1.54) is 0 Å². The van der Waals surface area contributed by atoms with E-state index in [1.807, 2.05) is 48.9 Å². The fourth-order valence-electron chi connectivity index (χ4n) is 2.53. The smallest absolute Gasteiger partial charge is 0.276 e. The van der Waals surface area contributed by atoms with Gasteiger partial charge in [-0.1, -0.05) is 29.3 Å². The van der Waals surface area contributed by atoms with Crippen LogP contribution in [0.25, 0.3) is 11.6 Å². The third-order valence-electron chi connectivity index (χ3n) is 3.95. The van der Waals surface area contributed by atoms with Gasteiger partial charge in [-0.15, -0.1) is 0 Å². The highest BCUT2D eigenvalue weighted by Gasteiger charge is 2.30. The van der Waals surface area contributed by atoms with Crippen LogP contribution in [-0.4, -0.2) is 19.7 Å². The van der Waals surface area contributed by atoms with Gasteiger partial charge in [-0.2, -0.15) is 4.98 Å². The Morgan fingerprint density at radius 3 is 2.65 bits per heavy atom. The van der Waals surface area contributed by atoms with Crippen LogP contribution < -0.4 is 0 Å². The standard InChI is InChI=1S/C18H16N4O/c1-12-16(18-20-17(21-23-18)14-9-10-14)22(2)15(19-12)11-8-13-6-4-3-5-7-13/h3-7,14H,9-10H2,1-2H3. The Labute approximate surface area is 134 Å². The summed E-state index contributed by atoms with van der Waals surface area (Å²) in [5.41, 5.74) is 2.64. The lowest BCUT2D eigenvalue weighted by Crippen LogP contribution is -1.96. The third-order valence-corrected chi connectivity index (χ3v) is 3.95. The van der Waals surface area contributed by atoms with Gasteiger partial charge in [-0.05, 0) is 37.8 Å². The molecule has 114 valence electrons. The molecule has 0 amide bonds. The molecule has 0 atom stereocenters. The van der Waals surface area contributed by atoms with Crippen molar-refractivity contribution in [3.05, 3.63) is 53.2 Å². The molecule has 0 aliphatic heterocycles. The molecule has 1 aliphatic carbocycles. The summed E-state index contributed by atoms with van der Waals surface area (Å²) in [6.45, 7) is 1.93. The molecule has 1 aliphatic rings. The van der Waals surface area contributed by atoms with E-state index in [9.17, 15) is 0 Å². The SMILES string of the molecule is Cc1nc(C#Cc2ccccc2)n(C)c1-c1nc(C2CC2)no1. The summed E-state index contributed by atoms with van der Waals surface area (Å²) in [5.74, 6) is 8.72. The van der Waals surface area contributed by atoms with E-state index in [0.29, 0.717) is 17.6 Å². The van der Waals surface area contributed by atoms with Gasteiger partial charge in [0.05, 0.1) is 5.69 Å². The highest BCUT2D eigenvalue weighted by atomic mass is 16.5. The normalized spacial score (nSPS) is 13.7. The van der Waals surface area contributed by atoms with Gasteiger partial charge in [0.2, 0.25) is 0 Å². The van der Waals surface area contributed by atoms with Crippen molar-refractivity contribution in [3.63, 3.8) is 0 Å². The fourth-order valence-corrected chi connectivity index (χ4v) is 2.53. The monoisotopic (exact) mass is 304 g/mol. The molecule has 2 aromatic heterocycles. The lowest BCUT2D eigenvalue weighted by Gasteiger charge is -1.98. The maximum absolute atomic E-state index is 5.42. The first kappa shape index (κ1) is 13.8. The molecule has 1 fully saturated rings. The molecule has 0 bridgehead atoms. The van der Waals surface area contributed by atoms with Crippen LogP contribution in [0.4, 0.5) is 0 Å². The van der Waals surface area contributed by atoms with Crippen LogP contribution in [0.1, 0.15) is 41.7 Å². The molecular formula is C18H16N4O. The molecule has 0 N–H and O–H groups in total. The lowest BCUT2D eigenvalue weighted by atomic mass is 10.2. The van der Waals surface area contributed by atoms with Crippen molar-refractivity contribution in [2.75, 3.05) is 0 Å². The summed E-state index contributed by atoms with van der Waals surface area (Å²) in [6, 6.07) is 9.86. The highest BCUT2D eigenvalue weighted by molar-refractivity contribution is 5.54. The first-order valence-electron chi connectivity index (χ1n) is 7.67. The minimum atomic E-state index is 0.471. The molecule has 23 heavy (non-hydrogen) atoms. The molecule has 1 aromatic carbocycles. The summed E-state index contributed by atoms with van der Waals surface area (Å²) >= 11 is 0. The number of benzene rings is 1. The highest BCUT2D eigenvalue weighted by Crippen LogP contribution is 2.39. The Hall–Kier alpha value is -2.87. The average molecular weight is 304 g/mol. The maximum Gasteiger partial charge on any atom is 0.276 e. The molecule has 0 spiro atoms. The van der Waals surface area contributed by atoms with Gasteiger partial charge in [-0.25, -0.2) is 4.98 Å². The number of hydrogen-bond donors (Lipinski definition) is 0. The van der Waals surface area contributed by atoms with Gasteiger partial charge in [0, 0.05) is 18.5 Å². The van der Waals surface area contributed by atoms with Crippen LogP contribution >= 0.6 is 0 Å². The molecule has 0 unspecified atom stereocenters. The van der Waals surface area contributed by atoms with Crippen molar-refractivity contribution in [3.8, 4) is 23.4 Å². The van der Waals surface area contributed by atoms with E-state index < -0.39 is 0 Å². The lowest BCUT2D eigenvalue weighted by molar-refractivity contribution is 0.420. The number of hydrogen-bond acceptors (Lipinski definition) is 4. The number of imidazole rings is 1. The van der Waals surface area contributed by atoms with E-state index in [2.05, 4.69) is 27.0 Å². The quantitative estimate of drug-likeness (QED) is 0.683. The summed E-state index contributed by atoms with van der Waals surface area (Å²) < 4.78 is 7.33. The zero-order chi connectivity index (χ0) is 15.8. The van der Waals surface area contributed by atoms with Crippen molar-refractivity contribution in [2.24, 2.45) is 7.05 Å². The number of aromatic nitrogens is 4. The van der Waals surface area contributed by atoms with Crippen LogP contribution in [0.2, 0.25) is 0 Å². The van der Waals surface area contributed by atoms with Crippen LogP contribution in [0.3, 0.4) is 0 Å². The Morgan fingerprint density at radius 2 is 1.91 bits per heavy atom. The number of aryl methyl sites for hydroxylation is 1. The minimum absolute atomic E-state index is 0.471. The van der Waals surface area contributed by atoms with Crippen LogP contribution in [0, 0.1) is 18.8 Å². The molecule has 2 heterocycles. The van der Waals surface area contributed by atoms with Crippen molar-refractivity contribution in [1.29, 1.82) is 0 Å². The first-order valence-corrected chi connectivity index (χ1v) is 7.67. The third kappa shape index (κ3) is 2.64. The second-order valence-electron chi connectivity index (χ2n) is 5.78. The van der Waals surface area contributed by atoms with Gasteiger partial charge in [0.15, 0.2) is 11.6 Å². The topological polar surface area (TPSA) is 56.7 Å². The summed E-state index contributed by atoms with van der Waals surface area (Å²) in [5, 5.41) is 4.08. The number of nitrogens with zero attached hydrogens (tertiary/aromatic N) is 4. The zero-order valence-electron chi connectivity index (χ0n) is 13.1. The Kier molecular flexibility index (Phi) is 3.23. The zero-order valence-corrected chi connectivity index (χ0v) is 13.1. The summed E-state index contributed by atoms with van der Waals surface area (Å²) in [6.07, 6.45) is 2.30. The minimum Gasteiger partial charge on any atom is -0.332 e. The van der Waals surface area contributed by atoms with Crippen molar-refractivity contribution in [2.45, 2.75) is 25.7 Å². The molecule has 0 saturated heterocycles. The van der Waals surface area contributed by atoms with E-state index in [0.717, 1.165) is 35.6 Å². The van der Waals surface area contributed by atoms with Gasteiger partial charge in [-0.3, -0.25) is 0 Å². The van der Waals surface area contributed by atoms with Gasteiger partial charge < -0.3 is 9.09 Å². The number of rotatable bonds is 2. The van der Waals surface area contributed by atoms with E-state index in [-0.39, 0.29) is 0 Å². The molecular weight excluding hydrogens is 288 g/mol. The summed E-state index contributed by atoms with van der Waals surface area (Å²) in [7, 11) is 1.92. The molecule has 5 heteroatoms. The second-order valence-corrected chi connectivity index (χ2v) is 5.78. The van der Waals surface area contributed by atoms with Gasteiger partial charge in [0.1, 0.15) is 5.69 Å². The largest absolute Gasteiger partial charge is 0.332 e. The Balaban J connectivity index is 1.69. The van der Waals surface area contributed by atoms with Crippen molar-refractivity contribution >= 4 is 0 Å².